The largest absolute Gasteiger partial charge is 0.306 e. The summed E-state index contributed by atoms with van der Waals surface area (Å²) in [6, 6.07) is 7.80. The molecule has 0 fully saturated rings. The minimum absolute atomic E-state index is 0.108. The van der Waals surface area contributed by atoms with E-state index in [4.69, 9.17) is 0 Å². The summed E-state index contributed by atoms with van der Waals surface area (Å²) in [5.74, 6) is 0.290. The van der Waals surface area contributed by atoms with E-state index in [1.165, 1.54) is 24.5 Å². The van der Waals surface area contributed by atoms with E-state index in [9.17, 15) is 14.9 Å². The SMILES string of the molecule is Cc1cc(C)n(-c2cc(NC(=O)c3ccc(C)c([N+](=O)[O-])c3)ncn2)n1. The summed E-state index contributed by atoms with van der Waals surface area (Å²) in [6.07, 6.45) is 1.32. The molecule has 3 aromatic rings. The van der Waals surface area contributed by atoms with E-state index in [1.807, 2.05) is 19.9 Å². The van der Waals surface area contributed by atoms with E-state index in [2.05, 4.69) is 20.4 Å². The number of nitro benzene ring substituents is 1. The van der Waals surface area contributed by atoms with Crippen molar-refractivity contribution < 1.29 is 9.72 Å². The lowest BCUT2D eigenvalue weighted by molar-refractivity contribution is -0.385. The number of nitrogens with one attached hydrogen (secondary N) is 1. The average Bonchev–Trinajstić information content (AvgIpc) is 2.93. The van der Waals surface area contributed by atoms with Gasteiger partial charge in [0.15, 0.2) is 5.82 Å². The highest BCUT2D eigenvalue weighted by molar-refractivity contribution is 6.04. The van der Waals surface area contributed by atoms with E-state index in [0.717, 1.165) is 11.4 Å². The Hall–Kier alpha value is -3.62. The average molecular weight is 352 g/mol. The van der Waals surface area contributed by atoms with Gasteiger partial charge in [-0.2, -0.15) is 5.10 Å². The molecule has 9 heteroatoms. The third kappa shape index (κ3) is 3.41. The molecule has 0 aliphatic heterocycles. The van der Waals surface area contributed by atoms with Crippen LogP contribution in [0.2, 0.25) is 0 Å². The number of nitrogens with zero attached hydrogens (tertiary/aromatic N) is 5. The summed E-state index contributed by atoms with van der Waals surface area (Å²) >= 11 is 0. The number of hydrogen-bond donors (Lipinski definition) is 1. The molecule has 3 rings (SSSR count). The highest BCUT2D eigenvalue weighted by atomic mass is 16.6. The molecular weight excluding hydrogens is 336 g/mol. The summed E-state index contributed by atoms with van der Waals surface area (Å²) in [4.78, 5) is 31.1. The molecule has 0 saturated carbocycles. The molecule has 0 aliphatic carbocycles. The molecule has 0 bridgehead atoms. The molecule has 0 atom stereocenters. The van der Waals surface area contributed by atoms with Crippen molar-refractivity contribution in [3.63, 3.8) is 0 Å². The monoisotopic (exact) mass is 352 g/mol. The van der Waals surface area contributed by atoms with Crippen LogP contribution < -0.4 is 5.32 Å². The predicted molar refractivity (Wildman–Crippen MR) is 94.4 cm³/mol. The van der Waals surface area contributed by atoms with Crippen LogP contribution in [0.1, 0.15) is 27.3 Å². The number of anilines is 1. The molecule has 1 amide bonds. The second-order valence-corrected chi connectivity index (χ2v) is 5.81. The van der Waals surface area contributed by atoms with Crippen molar-refractivity contribution in [2.75, 3.05) is 5.32 Å². The Balaban J connectivity index is 1.87. The van der Waals surface area contributed by atoms with Crippen LogP contribution in [0.25, 0.3) is 5.82 Å². The number of aromatic nitrogens is 4. The van der Waals surface area contributed by atoms with Gasteiger partial charge in [0.2, 0.25) is 0 Å². The van der Waals surface area contributed by atoms with Gasteiger partial charge in [-0.1, -0.05) is 6.07 Å². The van der Waals surface area contributed by atoms with Crippen molar-refractivity contribution in [3.05, 3.63) is 69.3 Å². The lowest BCUT2D eigenvalue weighted by Crippen LogP contribution is -2.14. The van der Waals surface area contributed by atoms with Gasteiger partial charge in [-0.05, 0) is 32.9 Å². The summed E-state index contributed by atoms with van der Waals surface area (Å²) in [6.45, 7) is 5.38. The minimum Gasteiger partial charge on any atom is -0.306 e. The quantitative estimate of drug-likeness (QED) is 0.570. The number of aryl methyl sites for hydroxylation is 3. The summed E-state index contributed by atoms with van der Waals surface area (Å²) < 4.78 is 1.64. The highest BCUT2D eigenvalue weighted by Crippen LogP contribution is 2.20. The van der Waals surface area contributed by atoms with Crippen LogP contribution in [-0.4, -0.2) is 30.6 Å². The second-order valence-electron chi connectivity index (χ2n) is 5.81. The number of carbonyl (C=O) groups excluding carboxylic acids is 1. The lowest BCUT2D eigenvalue weighted by atomic mass is 10.1. The van der Waals surface area contributed by atoms with Gasteiger partial charge < -0.3 is 5.32 Å². The van der Waals surface area contributed by atoms with Crippen LogP contribution in [0.3, 0.4) is 0 Å². The zero-order valence-corrected chi connectivity index (χ0v) is 14.4. The smallest absolute Gasteiger partial charge is 0.273 e. The zero-order valence-electron chi connectivity index (χ0n) is 14.4. The maximum atomic E-state index is 12.4. The number of amides is 1. The Morgan fingerprint density at radius 3 is 2.58 bits per heavy atom. The van der Waals surface area contributed by atoms with Gasteiger partial charge in [-0.15, -0.1) is 0 Å². The van der Waals surface area contributed by atoms with Gasteiger partial charge in [0.05, 0.1) is 10.6 Å². The molecule has 0 saturated heterocycles. The molecule has 0 aliphatic rings. The molecule has 2 heterocycles. The Morgan fingerprint density at radius 2 is 1.92 bits per heavy atom. The highest BCUT2D eigenvalue weighted by Gasteiger charge is 2.16. The molecule has 0 spiro atoms. The Bertz CT molecular complexity index is 1010. The molecule has 2 aromatic heterocycles. The van der Waals surface area contributed by atoms with Crippen LogP contribution in [0.15, 0.2) is 36.7 Å². The van der Waals surface area contributed by atoms with Gasteiger partial charge >= 0.3 is 0 Å². The van der Waals surface area contributed by atoms with E-state index in [0.29, 0.717) is 11.4 Å². The maximum absolute atomic E-state index is 12.4. The van der Waals surface area contributed by atoms with Gasteiger partial charge in [-0.25, -0.2) is 14.6 Å². The van der Waals surface area contributed by atoms with E-state index >= 15 is 0 Å². The zero-order chi connectivity index (χ0) is 18.8. The Morgan fingerprint density at radius 1 is 1.15 bits per heavy atom. The molecule has 9 nitrogen and oxygen atoms in total. The Labute approximate surface area is 148 Å². The standard InChI is InChI=1S/C17H16N6O3/c1-10-4-5-13(7-14(10)23(25)26)17(24)20-15-8-16(19-9-18-15)22-12(3)6-11(2)21-22/h4-9H,1-3H3,(H,18,19,20,24). The molecule has 132 valence electrons. The number of nitro groups is 1. The third-order valence-corrected chi connectivity index (χ3v) is 3.79. The maximum Gasteiger partial charge on any atom is 0.273 e. The first-order valence-electron chi connectivity index (χ1n) is 7.77. The van der Waals surface area contributed by atoms with Gasteiger partial charge in [0.25, 0.3) is 11.6 Å². The number of hydrogen-bond acceptors (Lipinski definition) is 6. The molecule has 26 heavy (non-hydrogen) atoms. The number of carbonyl (C=O) groups is 1. The molecule has 1 N–H and O–H groups in total. The van der Waals surface area contributed by atoms with Gasteiger partial charge in [0.1, 0.15) is 12.1 Å². The van der Waals surface area contributed by atoms with E-state index < -0.39 is 10.8 Å². The van der Waals surface area contributed by atoms with Crippen LogP contribution in [0, 0.1) is 30.9 Å². The summed E-state index contributed by atoms with van der Waals surface area (Å²) in [5, 5.41) is 18.0. The van der Waals surface area contributed by atoms with E-state index in [-0.39, 0.29) is 17.1 Å². The van der Waals surface area contributed by atoms with Crippen LogP contribution >= 0.6 is 0 Å². The normalized spacial score (nSPS) is 10.6. The van der Waals surface area contributed by atoms with Gasteiger partial charge in [0, 0.05) is 29.0 Å². The van der Waals surface area contributed by atoms with Crippen molar-refractivity contribution >= 4 is 17.4 Å². The predicted octanol–water partition coefficient (Wildman–Crippen LogP) is 2.75. The molecular formula is C17H16N6O3. The summed E-state index contributed by atoms with van der Waals surface area (Å²) in [7, 11) is 0. The van der Waals surface area contributed by atoms with Crippen molar-refractivity contribution in [2.24, 2.45) is 0 Å². The third-order valence-electron chi connectivity index (χ3n) is 3.79. The second kappa shape index (κ2) is 6.71. The van der Waals surface area contributed by atoms with Crippen molar-refractivity contribution in [1.82, 2.24) is 19.7 Å². The van der Waals surface area contributed by atoms with Crippen LogP contribution in [0.5, 0.6) is 0 Å². The fraction of sp³-hybridized carbons (Fsp3) is 0.176. The first-order chi connectivity index (χ1) is 12.3. The van der Waals surface area contributed by atoms with Crippen molar-refractivity contribution in [1.29, 1.82) is 0 Å². The first-order valence-corrected chi connectivity index (χ1v) is 7.77. The molecule has 1 aromatic carbocycles. The van der Waals surface area contributed by atoms with Crippen LogP contribution in [0.4, 0.5) is 11.5 Å². The topological polar surface area (TPSA) is 116 Å². The van der Waals surface area contributed by atoms with Crippen molar-refractivity contribution in [3.8, 4) is 5.82 Å². The van der Waals surface area contributed by atoms with Crippen molar-refractivity contribution in [2.45, 2.75) is 20.8 Å². The van der Waals surface area contributed by atoms with Gasteiger partial charge in [-0.3, -0.25) is 14.9 Å². The lowest BCUT2D eigenvalue weighted by Gasteiger charge is -2.07. The number of rotatable bonds is 4. The van der Waals surface area contributed by atoms with Crippen LogP contribution in [-0.2, 0) is 0 Å². The fourth-order valence-corrected chi connectivity index (χ4v) is 2.53. The summed E-state index contributed by atoms with van der Waals surface area (Å²) in [5.41, 5.74) is 2.30. The fourth-order valence-electron chi connectivity index (χ4n) is 2.53. The van der Waals surface area contributed by atoms with E-state index in [1.54, 1.807) is 17.7 Å². The first kappa shape index (κ1) is 17.2. The number of benzene rings is 1. The minimum atomic E-state index is -0.516. The Kier molecular flexibility index (Phi) is 4.44. The molecule has 0 radical (unpaired) electrons. The molecule has 0 unspecified atom stereocenters.